The highest BCUT2D eigenvalue weighted by Gasteiger charge is 2.12. The number of benzene rings is 2. The second kappa shape index (κ2) is 6.90. The van der Waals surface area contributed by atoms with Crippen molar-refractivity contribution in [3.05, 3.63) is 63.1 Å². The van der Waals surface area contributed by atoms with E-state index in [1.807, 2.05) is 31.2 Å². The molecule has 0 spiro atoms. The fourth-order valence-corrected chi connectivity index (χ4v) is 2.89. The summed E-state index contributed by atoms with van der Waals surface area (Å²) in [5, 5.41) is 3.08. The molecule has 0 atom stereocenters. The van der Waals surface area contributed by atoms with Gasteiger partial charge >= 0.3 is 0 Å². The van der Waals surface area contributed by atoms with Crippen LogP contribution < -0.4 is 5.32 Å². The normalized spacial score (nSPS) is 10.5. The first-order chi connectivity index (χ1) is 10.0. The number of hydrogen-bond acceptors (Lipinski definition) is 1. The number of anilines is 1. The quantitative estimate of drug-likeness (QED) is 0.816. The van der Waals surface area contributed by atoms with Crippen molar-refractivity contribution in [3.8, 4) is 0 Å². The van der Waals surface area contributed by atoms with Crippen LogP contribution in [0, 0.1) is 6.92 Å². The number of aryl methyl sites for hydroxylation is 3. The third kappa shape index (κ3) is 3.73. The molecule has 0 bridgehead atoms. The molecule has 1 amide bonds. The molecule has 0 unspecified atom stereocenters. The molecule has 2 aromatic rings. The first-order valence-electron chi connectivity index (χ1n) is 7.24. The number of carbonyl (C=O) groups excluding carboxylic acids is 1. The largest absolute Gasteiger partial charge is 0.321 e. The van der Waals surface area contributed by atoms with Crippen LogP contribution in [0.4, 0.5) is 5.69 Å². The molecule has 0 radical (unpaired) electrons. The van der Waals surface area contributed by atoms with Gasteiger partial charge < -0.3 is 5.32 Å². The van der Waals surface area contributed by atoms with Gasteiger partial charge in [-0.2, -0.15) is 0 Å². The Bertz CT molecular complexity index is 622. The molecule has 2 aromatic carbocycles. The van der Waals surface area contributed by atoms with E-state index < -0.39 is 0 Å². The van der Waals surface area contributed by atoms with E-state index >= 15 is 0 Å². The van der Waals surface area contributed by atoms with Crippen LogP contribution in [0.3, 0.4) is 0 Å². The van der Waals surface area contributed by atoms with Crippen LogP contribution in [-0.4, -0.2) is 5.91 Å². The zero-order valence-electron chi connectivity index (χ0n) is 12.7. The van der Waals surface area contributed by atoms with E-state index in [1.165, 1.54) is 0 Å². The third-order valence-electron chi connectivity index (χ3n) is 3.58. The van der Waals surface area contributed by atoms with Crippen molar-refractivity contribution in [3.63, 3.8) is 0 Å². The van der Waals surface area contributed by atoms with Gasteiger partial charge in [0.2, 0.25) is 0 Å². The molecule has 0 saturated heterocycles. The van der Waals surface area contributed by atoms with Gasteiger partial charge in [-0.15, -0.1) is 0 Å². The van der Waals surface area contributed by atoms with Gasteiger partial charge in [-0.25, -0.2) is 0 Å². The van der Waals surface area contributed by atoms with Crippen LogP contribution in [0.5, 0.6) is 0 Å². The van der Waals surface area contributed by atoms with E-state index in [9.17, 15) is 4.79 Å². The number of carbonyl (C=O) groups is 1. The highest BCUT2D eigenvalue weighted by molar-refractivity contribution is 9.10. The summed E-state index contributed by atoms with van der Waals surface area (Å²) >= 11 is 3.54. The molecule has 0 heterocycles. The Labute approximate surface area is 134 Å². The average Bonchev–Trinajstić information content (AvgIpc) is 2.48. The minimum absolute atomic E-state index is 0.0540. The molecule has 0 fully saturated rings. The number of halogens is 1. The van der Waals surface area contributed by atoms with E-state index in [-0.39, 0.29) is 5.91 Å². The fourth-order valence-electron chi connectivity index (χ4n) is 2.33. The van der Waals surface area contributed by atoms with Crippen LogP contribution in [0.15, 0.2) is 40.9 Å². The van der Waals surface area contributed by atoms with Crippen LogP contribution >= 0.6 is 15.9 Å². The second-order valence-electron chi connectivity index (χ2n) is 5.13. The van der Waals surface area contributed by atoms with Crippen molar-refractivity contribution in [1.29, 1.82) is 0 Å². The zero-order chi connectivity index (χ0) is 15.4. The predicted molar refractivity (Wildman–Crippen MR) is 92.0 cm³/mol. The van der Waals surface area contributed by atoms with Crippen LogP contribution in [0.25, 0.3) is 0 Å². The molecule has 0 aliphatic rings. The molecule has 0 aliphatic carbocycles. The smallest absolute Gasteiger partial charge is 0.255 e. The van der Waals surface area contributed by atoms with E-state index in [1.54, 1.807) is 0 Å². The van der Waals surface area contributed by atoms with Gasteiger partial charge in [0.15, 0.2) is 0 Å². The molecule has 0 aromatic heterocycles. The van der Waals surface area contributed by atoms with E-state index in [2.05, 4.69) is 47.2 Å². The Balaban J connectivity index is 2.34. The Hall–Kier alpha value is -1.61. The first-order valence-corrected chi connectivity index (χ1v) is 8.03. The van der Waals surface area contributed by atoms with E-state index in [0.29, 0.717) is 5.56 Å². The molecule has 2 rings (SSSR count). The molecule has 110 valence electrons. The van der Waals surface area contributed by atoms with Gasteiger partial charge in [0.05, 0.1) is 0 Å². The molecular formula is C18H20BrNO. The molecule has 21 heavy (non-hydrogen) atoms. The van der Waals surface area contributed by atoms with E-state index in [4.69, 9.17) is 0 Å². The summed E-state index contributed by atoms with van der Waals surface area (Å²) < 4.78 is 1.06. The predicted octanol–water partition coefficient (Wildman–Crippen LogP) is 5.13. The summed E-state index contributed by atoms with van der Waals surface area (Å²) in [5.41, 5.74) is 5.10. The van der Waals surface area contributed by atoms with Crippen molar-refractivity contribution in [1.82, 2.24) is 0 Å². The summed E-state index contributed by atoms with van der Waals surface area (Å²) in [6.07, 6.45) is 1.77. The summed E-state index contributed by atoms with van der Waals surface area (Å²) in [5.74, 6) is -0.0540. The van der Waals surface area contributed by atoms with Gasteiger partial charge in [-0.05, 0) is 55.2 Å². The number of nitrogens with one attached hydrogen (secondary N) is 1. The summed E-state index contributed by atoms with van der Waals surface area (Å²) in [6.45, 7) is 6.21. The van der Waals surface area contributed by atoms with Crippen molar-refractivity contribution < 1.29 is 4.79 Å². The maximum absolute atomic E-state index is 12.4. The minimum atomic E-state index is -0.0540. The highest BCUT2D eigenvalue weighted by Crippen LogP contribution is 2.28. The fraction of sp³-hybridized carbons (Fsp3) is 0.278. The molecular weight excluding hydrogens is 326 g/mol. The zero-order valence-corrected chi connectivity index (χ0v) is 14.3. The Morgan fingerprint density at radius 2 is 1.57 bits per heavy atom. The molecule has 3 heteroatoms. The van der Waals surface area contributed by atoms with Gasteiger partial charge in [-0.3, -0.25) is 4.79 Å². The van der Waals surface area contributed by atoms with Gasteiger partial charge in [0.25, 0.3) is 5.91 Å². The maximum Gasteiger partial charge on any atom is 0.255 e. The number of hydrogen-bond donors (Lipinski definition) is 1. The van der Waals surface area contributed by atoms with Gasteiger partial charge in [0.1, 0.15) is 0 Å². The van der Waals surface area contributed by atoms with Gasteiger partial charge in [0, 0.05) is 15.7 Å². The lowest BCUT2D eigenvalue weighted by Gasteiger charge is -2.15. The Morgan fingerprint density at radius 3 is 2.05 bits per heavy atom. The van der Waals surface area contributed by atoms with Gasteiger partial charge in [-0.1, -0.05) is 47.5 Å². The first kappa shape index (κ1) is 15.8. The van der Waals surface area contributed by atoms with Crippen LogP contribution in [0.2, 0.25) is 0 Å². The monoisotopic (exact) mass is 345 g/mol. The lowest BCUT2D eigenvalue weighted by atomic mass is 10.0. The third-order valence-corrected chi connectivity index (χ3v) is 4.04. The van der Waals surface area contributed by atoms with Crippen molar-refractivity contribution >= 4 is 27.5 Å². The van der Waals surface area contributed by atoms with Crippen LogP contribution in [-0.2, 0) is 12.8 Å². The standard InChI is InChI=1S/C18H20BrNO/c1-4-13-10-16(19)11-14(5-2)17(13)20-18(21)15-8-6-12(3)7-9-15/h6-11H,4-5H2,1-3H3,(H,20,21). The molecule has 0 aliphatic heterocycles. The highest BCUT2D eigenvalue weighted by atomic mass is 79.9. The Morgan fingerprint density at radius 1 is 1.05 bits per heavy atom. The number of rotatable bonds is 4. The molecule has 0 saturated carbocycles. The average molecular weight is 346 g/mol. The Kier molecular flexibility index (Phi) is 5.18. The van der Waals surface area contributed by atoms with Crippen molar-refractivity contribution in [2.45, 2.75) is 33.6 Å². The maximum atomic E-state index is 12.4. The lowest BCUT2D eigenvalue weighted by molar-refractivity contribution is 0.102. The van der Waals surface area contributed by atoms with E-state index in [0.717, 1.165) is 39.7 Å². The summed E-state index contributed by atoms with van der Waals surface area (Å²) in [6, 6.07) is 11.8. The minimum Gasteiger partial charge on any atom is -0.321 e. The SMILES string of the molecule is CCc1cc(Br)cc(CC)c1NC(=O)c1ccc(C)cc1. The summed E-state index contributed by atoms with van der Waals surface area (Å²) in [7, 11) is 0. The summed E-state index contributed by atoms with van der Waals surface area (Å²) in [4.78, 5) is 12.4. The molecule has 1 N–H and O–H groups in total. The van der Waals surface area contributed by atoms with Crippen molar-refractivity contribution in [2.24, 2.45) is 0 Å². The molecule has 2 nitrogen and oxygen atoms in total. The second-order valence-corrected chi connectivity index (χ2v) is 6.04. The van der Waals surface area contributed by atoms with Crippen LogP contribution in [0.1, 0.15) is 40.9 Å². The van der Waals surface area contributed by atoms with Crippen molar-refractivity contribution in [2.75, 3.05) is 5.32 Å². The lowest BCUT2D eigenvalue weighted by Crippen LogP contribution is -2.15. The number of amides is 1. The topological polar surface area (TPSA) is 29.1 Å².